The van der Waals surface area contributed by atoms with Crippen LogP contribution in [-0.2, 0) is 27.2 Å². The summed E-state index contributed by atoms with van der Waals surface area (Å²) >= 11 is 0. The van der Waals surface area contributed by atoms with Gasteiger partial charge in [0.15, 0.2) is 11.4 Å². The van der Waals surface area contributed by atoms with Crippen LogP contribution in [0.25, 0.3) is 0 Å². The second kappa shape index (κ2) is 9.22. The van der Waals surface area contributed by atoms with E-state index in [-0.39, 0.29) is 17.7 Å². The van der Waals surface area contributed by atoms with Crippen LogP contribution in [0.3, 0.4) is 0 Å². The third-order valence-corrected chi connectivity index (χ3v) is 8.41. The summed E-state index contributed by atoms with van der Waals surface area (Å²) < 4.78 is 6.29. The minimum Gasteiger partial charge on any atom is -0.474 e. The number of amides is 5. The molecule has 2 saturated heterocycles. The van der Waals surface area contributed by atoms with Crippen LogP contribution in [-0.4, -0.2) is 79.1 Å². The van der Waals surface area contributed by atoms with E-state index >= 15 is 0 Å². The number of fused-ring (bicyclic) bond motifs is 2. The molecule has 4 aliphatic rings. The number of carbonyl (C=O) groups is 4. The first-order valence-electron chi connectivity index (χ1n) is 13.6. The van der Waals surface area contributed by atoms with Gasteiger partial charge in [-0.25, -0.2) is 4.79 Å². The molecule has 40 heavy (non-hydrogen) atoms. The number of anilines is 3. The molecule has 0 radical (unpaired) electrons. The SMILES string of the molecule is CC(C(=O)Nc1ccc2c(c1)CC1(C2)NC(=O)NC1=O)N1C(=O)C(C)(C)Oc2c(N3CCN(C)CC3)cccc21. The van der Waals surface area contributed by atoms with Gasteiger partial charge in [-0.3, -0.25) is 24.6 Å². The summed E-state index contributed by atoms with van der Waals surface area (Å²) in [5.74, 6) is -0.370. The quantitative estimate of drug-likeness (QED) is 0.499. The number of nitrogens with zero attached hydrogens (tertiary/aromatic N) is 3. The van der Waals surface area contributed by atoms with Gasteiger partial charge in [-0.2, -0.15) is 0 Å². The van der Waals surface area contributed by atoms with Gasteiger partial charge in [0, 0.05) is 44.7 Å². The minimum absolute atomic E-state index is 0.294. The number of imide groups is 1. The van der Waals surface area contributed by atoms with Crippen molar-refractivity contribution in [2.75, 3.05) is 48.3 Å². The topological polar surface area (TPSA) is 123 Å². The lowest BCUT2D eigenvalue weighted by Gasteiger charge is -2.43. The van der Waals surface area contributed by atoms with E-state index in [1.165, 1.54) is 4.90 Å². The normalized spacial score (nSPS) is 24.2. The van der Waals surface area contributed by atoms with E-state index in [0.717, 1.165) is 43.0 Å². The van der Waals surface area contributed by atoms with E-state index in [9.17, 15) is 19.2 Å². The molecule has 2 fully saturated rings. The Morgan fingerprint density at radius 1 is 1.00 bits per heavy atom. The van der Waals surface area contributed by atoms with Gasteiger partial charge >= 0.3 is 6.03 Å². The average molecular weight is 547 g/mol. The van der Waals surface area contributed by atoms with Gasteiger partial charge in [-0.15, -0.1) is 0 Å². The Kier molecular flexibility index (Phi) is 6.02. The molecule has 3 N–H and O–H groups in total. The Balaban J connectivity index is 1.25. The van der Waals surface area contributed by atoms with Crippen molar-refractivity contribution in [3.8, 4) is 5.75 Å². The monoisotopic (exact) mass is 546 g/mol. The smallest absolute Gasteiger partial charge is 0.322 e. The lowest BCUT2D eigenvalue weighted by atomic mass is 9.96. The summed E-state index contributed by atoms with van der Waals surface area (Å²) in [7, 11) is 2.10. The molecule has 3 heterocycles. The zero-order valence-corrected chi connectivity index (χ0v) is 23.2. The van der Waals surface area contributed by atoms with Crippen LogP contribution >= 0.6 is 0 Å². The number of para-hydroxylation sites is 1. The summed E-state index contributed by atoms with van der Waals surface area (Å²) in [6, 6.07) is 9.88. The lowest BCUT2D eigenvalue weighted by Crippen LogP contribution is -2.58. The third kappa shape index (κ3) is 4.25. The number of hydrogen-bond acceptors (Lipinski definition) is 7. The fraction of sp³-hybridized carbons (Fsp3) is 0.448. The Morgan fingerprint density at radius 2 is 1.70 bits per heavy atom. The Morgan fingerprint density at radius 3 is 2.40 bits per heavy atom. The number of nitrogens with one attached hydrogen (secondary N) is 3. The molecule has 210 valence electrons. The van der Waals surface area contributed by atoms with Gasteiger partial charge in [0.1, 0.15) is 11.6 Å². The molecule has 1 spiro atoms. The van der Waals surface area contributed by atoms with Crippen LogP contribution in [0.5, 0.6) is 5.75 Å². The van der Waals surface area contributed by atoms with Gasteiger partial charge in [0.25, 0.3) is 11.8 Å². The highest BCUT2D eigenvalue weighted by Gasteiger charge is 2.50. The number of rotatable bonds is 4. The van der Waals surface area contributed by atoms with Crippen molar-refractivity contribution in [2.24, 2.45) is 0 Å². The summed E-state index contributed by atoms with van der Waals surface area (Å²) in [5, 5.41) is 8.02. The summed E-state index contributed by atoms with van der Waals surface area (Å²) in [5.41, 5.74) is 1.74. The van der Waals surface area contributed by atoms with Crippen LogP contribution in [0.15, 0.2) is 36.4 Å². The molecule has 11 heteroatoms. The van der Waals surface area contributed by atoms with Crippen molar-refractivity contribution >= 4 is 40.8 Å². The van der Waals surface area contributed by atoms with Crippen molar-refractivity contribution in [3.05, 3.63) is 47.5 Å². The highest BCUT2D eigenvalue weighted by Crippen LogP contribution is 2.45. The zero-order chi connectivity index (χ0) is 28.4. The first-order valence-corrected chi connectivity index (χ1v) is 13.6. The van der Waals surface area contributed by atoms with Gasteiger partial charge < -0.3 is 25.2 Å². The van der Waals surface area contributed by atoms with E-state index in [1.54, 1.807) is 26.8 Å². The molecule has 6 rings (SSSR count). The van der Waals surface area contributed by atoms with Gasteiger partial charge in [-0.1, -0.05) is 12.1 Å². The van der Waals surface area contributed by atoms with E-state index in [1.807, 2.05) is 30.3 Å². The van der Waals surface area contributed by atoms with Crippen LogP contribution in [0, 0.1) is 0 Å². The first kappa shape index (κ1) is 26.1. The van der Waals surface area contributed by atoms with Crippen molar-refractivity contribution in [3.63, 3.8) is 0 Å². The third-order valence-electron chi connectivity index (χ3n) is 8.41. The molecule has 2 atom stereocenters. The Hall–Kier alpha value is -4.12. The van der Waals surface area contributed by atoms with Crippen LogP contribution in [0.1, 0.15) is 31.9 Å². The molecular weight excluding hydrogens is 512 g/mol. The number of likely N-dealkylation sites (N-methyl/N-ethyl adjacent to an activating group) is 1. The molecule has 0 bridgehead atoms. The molecule has 0 saturated carbocycles. The van der Waals surface area contributed by atoms with Gasteiger partial charge in [0.05, 0.1) is 11.4 Å². The van der Waals surface area contributed by atoms with Crippen molar-refractivity contribution in [2.45, 2.75) is 50.8 Å². The standard InChI is InChI=1S/C29H34N6O5/c1-17(24(36)30-20-9-8-18-15-29(16-19(18)14-20)25(37)31-27(39)32-29)35-22-7-5-6-21(34-12-10-33(4)11-13-34)23(22)40-28(2,3)26(35)38/h5-9,14,17H,10-13,15-16H2,1-4H3,(H,30,36)(H2,31,32,37,39). The molecular formula is C29H34N6O5. The van der Waals surface area contributed by atoms with E-state index < -0.39 is 23.2 Å². The first-order chi connectivity index (χ1) is 19.0. The number of ether oxygens (including phenoxy) is 1. The van der Waals surface area contributed by atoms with Crippen molar-refractivity contribution in [1.29, 1.82) is 0 Å². The largest absolute Gasteiger partial charge is 0.474 e. The lowest BCUT2D eigenvalue weighted by molar-refractivity contribution is -0.134. The highest BCUT2D eigenvalue weighted by molar-refractivity contribution is 6.10. The van der Waals surface area contributed by atoms with Crippen LogP contribution < -0.4 is 30.5 Å². The molecule has 0 aromatic heterocycles. The number of carbonyl (C=O) groups excluding carboxylic acids is 4. The molecule has 11 nitrogen and oxygen atoms in total. The number of hydrogen-bond donors (Lipinski definition) is 3. The number of benzene rings is 2. The van der Waals surface area contributed by atoms with Crippen molar-refractivity contribution < 1.29 is 23.9 Å². The predicted octanol–water partition coefficient (Wildman–Crippen LogP) is 1.65. The summed E-state index contributed by atoms with van der Waals surface area (Å²) in [6.45, 7) is 8.69. The molecule has 2 aromatic rings. The Bertz CT molecular complexity index is 1430. The fourth-order valence-electron chi connectivity index (χ4n) is 6.08. The average Bonchev–Trinajstić information content (AvgIpc) is 3.40. The maximum atomic E-state index is 13.6. The Labute approximate surface area is 232 Å². The molecule has 1 aliphatic carbocycles. The molecule has 2 aromatic carbocycles. The van der Waals surface area contributed by atoms with Gasteiger partial charge in [0.2, 0.25) is 5.91 Å². The van der Waals surface area contributed by atoms with Crippen molar-refractivity contribution in [1.82, 2.24) is 15.5 Å². The maximum absolute atomic E-state index is 13.6. The van der Waals surface area contributed by atoms with E-state index in [4.69, 9.17) is 4.74 Å². The maximum Gasteiger partial charge on any atom is 0.322 e. The number of urea groups is 1. The molecule has 2 unspecified atom stereocenters. The summed E-state index contributed by atoms with van der Waals surface area (Å²) in [4.78, 5) is 57.4. The molecule has 3 aliphatic heterocycles. The second-order valence-electron chi connectivity index (χ2n) is 11.7. The van der Waals surface area contributed by atoms with Gasteiger partial charge in [-0.05, 0) is 63.2 Å². The highest BCUT2D eigenvalue weighted by atomic mass is 16.5. The molecule has 5 amide bonds. The zero-order valence-electron chi connectivity index (χ0n) is 23.2. The number of piperazine rings is 1. The minimum atomic E-state index is -1.15. The summed E-state index contributed by atoms with van der Waals surface area (Å²) in [6.07, 6.45) is 0.742. The second-order valence-corrected chi connectivity index (χ2v) is 11.7. The van der Waals surface area contributed by atoms with Crippen LogP contribution in [0.2, 0.25) is 0 Å². The fourth-order valence-corrected chi connectivity index (χ4v) is 6.08. The van der Waals surface area contributed by atoms with E-state index in [2.05, 4.69) is 32.8 Å². The predicted molar refractivity (Wildman–Crippen MR) is 150 cm³/mol. The van der Waals surface area contributed by atoms with E-state index in [0.29, 0.717) is 30.0 Å². The van der Waals surface area contributed by atoms with Crippen LogP contribution in [0.4, 0.5) is 21.9 Å².